The van der Waals surface area contributed by atoms with Crippen molar-refractivity contribution in [2.75, 3.05) is 36.5 Å². The number of nitrogens with two attached hydrogens (primary N) is 1. The van der Waals surface area contributed by atoms with Crippen LogP contribution < -0.4 is 20.3 Å². The number of primary amides is 1. The molecule has 2 amide bonds. The molecule has 1 aliphatic rings. The molecule has 1 saturated heterocycles. The van der Waals surface area contributed by atoms with Crippen molar-refractivity contribution in [2.24, 2.45) is 11.1 Å². The predicted octanol–water partition coefficient (Wildman–Crippen LogP) is 4.73. The quantitative estimate of drug-likeness (QED) is 0.327. The van der Waals surface area contributed by atoms with Gasteiger partial charge in [0, 0.05) is 48.8 Å². The molecule has 0 bridgehead atoms. The van der Waals surface area contributed by atoms with Crippen molar-refractivity contribution in [2.45, 2.75) is 33.6 Å². The van der Waals surface area contributed by atoms with Crippen LogP contribution in [-0.4, -0.2) is 63.8 Å². The molecule has 0 aliphatic carbocycles. The van der Waals surface area contributed by atoms with E-state index in [1.807, 2.05) is 43.0 Å². The zero-order chi connectivity index (χ0) is 28.6. The molecular weight excluding hydrogens is 530 g/mol. The summed E-state index contributed by atoms with van der Waals surface area (Å²) in [5, 5.41) is 10.0. The van der Waals surface area contributed by atoms with Crippen LogP contribution in [0.3, 0.4) is 0 Å². The number of carboxylic acid groups (broad SMARTS) is 1. The van der Waals surface area contributed by atoms with Gasteiger partial charge in [-0.1, -0.05) is 11.3 Å². The number of fused-ring (bicyclic) bond motifs is 1. The number of amides is 2. The molecule has 12 heteroatoms. The highest BCUT2D eigenvalue weighted by Gasteiger charge is 2.37. The number of benzene rings is 1. The van der Waals surface area contributed by atoms with Gasteiger partial charge in [0.15, 0.2) is 5.13 Å². The molecule has 4 aromatic rings. The van der Waals surface area contributed by atoms with E-state index in [4.69, 9.17) is 20.4 Å². The monoisotopic (exact) mass is 561 g/mol. The minimum Gasteiger partial charge on any atom is -0.494 e. The highest BCUT2D eigenvalue weighted by molar-refractivity contribution is 7.23. The average Bonchev–Trinajstić information content (AvgIpc) is 3.37. The number of thiazole rings is 1. The minimum atomic E-state index is -0.766. The number of piperidine rings is 1. The number of ether oxygens (including phenoxy) is 1. The lowest BCUT2D eigenvalue weighted by Gasteiger charge is -2.36. The molecule has 208 valence electrons. The molecular formula is C28H31N7O4S. The van der Waals surface area contributed by atoms with E-state index < -0.39 is 17.4 Å². The van der Waals surface area contributed by atoms with Crippen molar-refractivity contribution in [3.8, 4) is 28.1 Å². The first-order chi connectivity index (χ1) is 19.1. The van der Waals surface area contributed by atoms with Crippen LogP contribution in [0.5, 0.6) is 5.75 Å². The molecule has 1 aromatic carbocycles. The van der Waals surface area contributed by atoms with Crippen LogP contribution in [0.15, 0.2) is 36.7 Å². The summed E-state index contributed by atoms with van der Waals surface area (Å²) in [6.07, 6.45) is 4.58. The van der Waals surface area contributed by atoms with Crippen molar-refractivity contribution in [1.82, 2.24) is 19.9 Å². The molecule has 0 unspecified atom stereocenters. The maximum atomic E-state index is 12.1. The molecule has 3 aromatic heterocycles. The van der Waals surface area contributed by atoms with Crippen LogP contribution in [0.25, 0.3) is 32.6 Å². The summed E-state index contributed by atoms with van der Waals surface area (Å²) in [5.74, 6) is 0.416. The Balaban J connectivity index is 1.56. The Morgan fingerprint density at radius 2 is 1.85 bits per heavy atom. The Bertz CT molecular complexity index is 1580. The van der Waals surface area contributed by atoms with Crippen LogP contribution in [0.1, 0.15) is 32.4 Å². The fourth-order valence-electron chi connectivity index (χ4n) is 4.81. The van der Waals surface area contributed by atoms with E-state index in [2.05, 4.69) is 9.97 Å². The molecule has 40 heavy (non-hydrogen) atoms. The van der Waals surface area contributed by atoms with Crippen LogP contribution in [0, 0.1) is 12.3 Å². The van der Waals surface area contributed by atoms with Crippen molar-refractivity contribution >= 4 is 44.6 Å². The predicted molar refractivity (Wildman–Crippen MR) is 155 cm³/mol. The van der Waals surface area contributed by atoms with Gasteiger partial charge in [-0.05, 0) is 63.4 Å². The summed E-state index contributed by atoms with van der Waals surface area (Å²) in [5.41, 5.74) is 9.50. The number of rotatable bonds is 7. The van der Waals surface area contributed by atoms with Gasteiger partial charge in [-0.2, -0.15) is 0 Å². The Hall–Kier alpha value is -4.32. The number of hydrogen-bond acceptors (Lipinski definition) is 9. The van der Waals surface area contributed by atoms with Crippen molar-refractivity contribution in [3.05, 3.63) is 42.4 Å². The second-order valence-corrected chi connectivity index (χ2v) is 11.1. The Morgan fingerprint density at radius 3 is 2.45 bits per heavy atom. The fourth-order valence-corrected chi connectivity index (χ4v) is 5.94. The maximum Gasteiger partial charge on any atom is 0.321 e. The first kappa shape index (κ1) is 27.3. The van der Waals surface area contributed by atoms with Crippen molar-refractivity contribution in [3.63, 3.8) is 0 Å². The molecule has 1 fully saturated rings. The molecule has 1 aliphatic heterocycles. The van der Waals surface area contributed by atoms with Gasteiger partial charge in [0.2, 0.25) is 5.95 Å². The molecule has 0 atom stereocenters. The zero-order valence-corrected chi connectivity index (χ0v) is 23.7. The van der Waals surface area contributed by atoms with Gasteiger partial charge in [-0.25, -0.2) is 24.7 Å². The highest BCUT2D eigenvalue weighted by atomic mass is 32.1. The van der Waals surface area contributed by atoms with E-state index in [9.17, 15) is 14.7 Å². The number of methoxy groups -OCH3 is 1. The van der Waals surface area contributed by atoms with Crippen molar-refractivity contribution in [1.29, 1.82) is 0 Å². The summed E-state index contributed by atoms with van der Waals surface area (Å²) in [6, 6.07) is 7.14. The van der Waals surface area contributed by atoms with Gasteiger partial charge >= 0.3 is 12.0 Å². The third kappa shape index (κ3) is 5.02. The Kier molecular flexibility index (Phi) is 7.28. The first-order valence-electron chi connectivity index (χ1n) is 13.0. The number of carbonyl (C=O) groups is 2. The van der Waals surface area contributed by atoms with Gasteiger partial charge < -0.3 is 20.5 Å². The second-order valence-electron chi connectivity index (χ2n) is 10.1. The molecule has 5 rings (SSSR count). The highest BCUT2D eigenvalue weighted by Crippen LogP contribution is 2.42. The number of nitrogens with zero attached hydrogens (tertiary/aromatic N) is 6. The number of aryl methyl sites for hydroxylation is 1. The van der Waals surface area contributed by atoms with Gasteiger partial charge in [-0.15, -0.1) is 0 Å². The standard InChI is InChI=1S/C28H31N7O4S/c1-5-35(25(29)38)27-33-20-13-17(12-19(23(20)40-27)22-21(39-4)7-6-16(2)32-22)18-14-30-26(31-15-18)34-10-8-28(3,9-11-34)24(36)37/h6-7,12-15H,5,8-11H2,1-4H3,(H2,29,38)(H,36,37). The fraction of sp³-hybridized carbons (Fsp3) is 0.357. The Morgan fingerprint density at radius 1 is 1.15 bits per heavy atom. The summed E-state index contributed by atoms with van der Waals surface area (Å²) < 4.78 is 6.49. The molecule has 3 N–H and O–H groups in total. The molecule has 0 radical (unpaired) electrons. The number of carbonyl (C=O) groups excluding carboxylic acids is 1. The number of aliphatic carboxylic acids is 1. The summed E-state index contributed by atoms with van der Waals surface area (Å²) in [7, 11) is 1.60. The smallest absolute Gasteiger partial charge is 0.321 e. The molecule has 0 spiro atoms. The van der Waals surface area contributed by atoms with Crippen LogP contribution >= 0.6 is 11.3 Å². The number of anilines is 2. The third-order valence-corrected chi connectivity index (χ3v) is 8.53. The number of urea groups is 1. The van der Waals surface area contributed by atoms with Crippen LogP contribution in [-0.2, 0) is 4.79 Å². The lowest BCUT2D eigenvalue weighted by molar-refractivity contribution is -0.149. The zero-order valence-electron chi connectivity index (χ0n) is 22.8. The third-order valence-electron chi connectivity index (χ3n) is 7.40. The van der Waals surface area contributed by atoms with E-state index >= 15 is 0 Å². The van der Waals surface area contributed by atoms with E-state index in [-0.39, 0.29) is 0 Å². The second kappa shape index (κ2) is 10.7. The normalized spacial score (nSPS) is 14.8. The minimum absolute atomic E-state index is 0.390. The number of pyridine rings is 1. The van der Waals surface area contributed by atoms with Crippen molar-refractivity contribution < 1.29 is 19.4 Å². The molecule has 4 heterocycles. The largest absolute Gasteiger partial charge is 0.494 e. The maximum absolute atomic E-state index is 12.1. The lowest BCUT2D eigenvalue weighted by atomic mass is 9.80. The van der Waals surface area contributed by atoms with Gasteiger partial charge in [-0.3, -0.25) is 9.69 Å². The van der Waals surface area contributed by atoms with Crippen LogP contribution in [0.2, 0.25) is 0 Å². The van der Waals surface area contributed by atoms with Gasteiger partial charge in [0.1, 0.15) is 11.4 Å². The summed E-state index contributed by atoms with van der Waals surface area (Å²) in [4.78, 5) is 45.9. The van der Waals surface area contributed by atoms with E-state index in [0.717, 1.165) is 27.1 Å². The average molecular weight is 562 g/mol. The molecule has 0 saturated carbocycles. The topological polar surface area (TPSA) is 148 Å². The van der Waals surface area contributed by atoms with E-state index in [1.165, 1.54) is 16.2 Å². The van der Waals surface area contributed by atoms with Gasteiger partial charge in [0.25, 0.3) is 0 Å². The van der Waals surface area contributed by atoms with E-state index in [0.29, 0.717) is 60.5 Å². The van der Waals surface area contributed by atoms with Crippen LogP contribution in [0.4, 0.5) is 15.9 Å². The number of carboxylic acids is 1. The van der Waals surface area contributed by atoms with E-state index in [1.54, 1.807) is 26.4 Å². The summed E-state index contributed by atoms with van der Waals surface area (Å²) in [6.45, 7) is 7.09. The van der Waals surface area contributed by atoms with Gasteiger partial charge in [0.05, 0.1) is 22.7 Å². The number of hydrogen-bond donors (Lipinski definition) is 2. The first-order valence-corrected chi connectivity index (χ1v) is 13.8. The Labute approximate surface area is 235 Å². The SMILES string of the molecule is CCN(C(N)=O)c1nc2cc(-c3cnc(N4CCC(C)(C(=O)O)CC4)nc3)cc(-c3nc(C)ccc3OC)c2s1. The lowest BCUT2D eigenvalue weighted by Crippen LogP contribution is -2.43. The summed E-state index contributed by atoms with van der Waals surface area (Å²) >= 11 is 1.37. The molecule has 11 nitrogen and oxygen atoms in total. The number of aromatic nitrogens is 4.